The van der Waals surface area contributed by atoms with Crippen molar-refractivity contribution >= 4 is 23.0 Å². The number of carbonyl (C=O) groups is 1. The van der Waals surface area contributed by atoms with Gasteiger partial charge in [-0.3, -0.25) is 4.79 Å². The number of halogens is 1. The van der Waals surface area contributed by atoms with Gasteiger partial charge in [-0.1, -0.05) is 6.07 Å². The molecule has 2 aliphatic rings. The van der Waals surface area contributed by atoms with Gasteiger partial charge in [0.1, 0.15) is 5.52 Å². The van der Waals surface area contributed by atoms with Crippen molar-refractivity contribution < 1.29 is 18.3 Å². The van der Waals surface area contributed by atoms with Crippen molar-refractivity contribution in [3.05, 3.63) is 24.0 Å². The molecule has 0 unspecified atom stereocenters. The number of aromatic nitrogens is 1. The molecular formula is C17H20FN3O3. The van der Waals surface area contributed by atoms with E-state index in [0.29, 0.717) is 51.0 Å². The molecule has 1 aromatic heterocycles. The SMILES string of the molecule is O=C(C1CCN(c2nc3c(F)cccc3o2)CC1)N1CCOCC1. The summed E-state index contributed by atoms with van der Waals surface area (Å²) >= 11 is 0. The van der Waals surface area contributed by atoms with Gasteiger partial charge in [0.15, 0.2) is 11.4 Å². The van der Waals surface area contributed by atoms with E-state index >= 15 is 0 Å². The summed E-state index contributed by atoms with van der Waals surface area (Å²) in [6, 6.07) is 5.14. The Morgan fingerprint density at radius 3 is 2.62 bits per heavy atom. The van der Waals surface area contributed by atoms with E-state index in [0.717, 1.165) is 12.8 Å². The molecule has 24 heavy (non-hydrogen) atoms. The molecule has 1 amide bonds. The Balaban J connectivity index is 1.41. The van der Waals surface area contributed by atoms with Gasteiger partial charge in [0.05, 0.1) is 13.2 Å². The molecule has 3 heterocycles. The summed E-state index contributed by atoms with van der Waals surface area (Å²) in [6.45, 7) is 4.00. The number of piperidine rings is 1. The first kappa shape index (κ1) is 15.4. The maximum absolute atomic E-state index is 13.7. The highest BCUT2D eigenvalue weighted by Gasteiger charge is 2.30. The van der Waals surface area contributed by atoms with Crippen molar-refractivity contribution in [2.45, 2.75) is 12.8 Å². The summed E-state index contributed by atoms with van der Waals surface area (Å²) in [6.07, 6.45) is 1.52. The van der Waals surface area contributed by atoms with Gasteiger partial charge in [0.25, 0.3) is 6.01 Å². The number of rotatable bonds is 2. The summed E-state index contributed by atoms with van der Waals surface area (Å²) in [7, 11) is 0. The van der Waals surface area contributed by atoms with Gasteiger partial charge in [0.2, 0.25) is 5.91 Å². The van der Waals surface area contributed by atoms with Gasteiger partial charge in [-0.25, -0.2) is 4.39 Å². The Labute approximate surface area is 139 Å². The molecule has 0 aliphatic carbocycles. The van der Waals surface area contributed by atoms with E-state index in [1.54, 1.807) is 12.1 Å². The highest BCUT2D eigenvalue weighted by atomic mass is 19.1. The standard InChI is InChI=1S/C17H20FN3O3/c18-13-2-1-3-14-15(13)19-17(24-14)21-6-4-12(5-7-21)16(22)20-8-10-23-11-9-20/h1-3,12H,4-11H2. The zero-order valence-corrected chi connectivity index (χ0v) is 13.4. The van der Waals surface area contributed by atoms with Crippen LogP contribution in [0.5, 0.6) is 0 Å². The first-order valence-electron chi connectivity index (χ1n) is 8.39. The van der Waals surface area contributed by atoms with E-state index in [2.05, 4.69) is 4.98 Å². The largest absolute Gasteiger partial charge is 0.423 e. The van der Waals surface area contributed by atoms with Crippen LogP contribution in [-0.2, 0) is 9.53 Å². The van der Waals surface area contributed by atoms with Crippen LogP contribution in [0.3, 0.4) is 0 Å². The third kappa shape index (κ3) is 2.84. The molecular weight excluding hydrogens is 313 g/mol. The first-order chi connectivity index (χ1) is 11.7. The number of para-hydroxylation sites is 1. The second-order valence-corrected chi connectivity index (χ2v) is 6.28. The molecule has 2 saturated heterocycles. The number of hydrogen-bond donors (Lipinski definition) is 0. The van der Waals surface area contributed by atoms with Gasteiger partial charge >= 0.3 is 0 Å². The van der Waals surface area contributed by atoms with E-state index in [4.69, 9.17) is 9.15 Å². The molecule has 0 N–H and O–H groups in total. The fourth-order valence-corrected chi connectivity index (χ4v) is 3.40. The van der Waals surface area contributed by atoms with Crippen LogP contribution in [0, 0.1) is 11.7 Å². The van der Waals surface area contributed by atoms with E-state index in [9.17, 15) is 9.18 Å². The van der Waals surface area contributed by atoms with Gasteiger partial charge in [0, 0.05) is 32.1 Å². The number of benzene rings is 1. The first-order valence-corrected chi connectivity index (χ1v) is 8.39. The monoisotopic (exact) mass is 333 g/mol. The Kier molecular flexibility index (Phi) is 4.10. The molecule has 4 rings (SSSR count). The smallest absolute Gasteiger partial charge is 0.298 e. The Morgan fingerprint density at radius 2 is 1.92 bits per heavy atom. The van der Waals surface area contributed by atoms with Gasteiger partial charge < -0.3 is 19.0 Å². The lowest BCUT2D eigenvalue weighted by atomic mass is 9.95. The lowest BCUT2D eigenvalue weighted by molar-refractivity contribution is -0.140. The predicted octanol–water partition coefficient (Wildman–Crippen LogP) is 2.04. The second-order valence-electron chi connectivity index (χ2n) is 6.28. The highest BCUT2D eigenvalue weighted by Crippen LogP contribution is 2.28. The fourth-order valence-electron chi connectivity index (χ4n) is 3.40. The third-order valence-electron chi connectivity index (χ3n) is 4.80. The maximum atomic E-state index is 13.7. The summed E-state index contributed by atoms with van der Waals surface area (Å²) < 4.78 is 24.7. The number of amides is 1. The lowest BCUT2D eigenvalue weighted by Crippen LogP contribution is -2.46. The van der Waals surface area contributed by atoms with Crippen LogP contribution in [-0.4, -0.2) is 55.2 Å². The molecule has 0 atom stereocenters. The fraction of sp³-hybridized carbons (Fsp3) is 0.529. The number of carbonyl (C=O) groups excluding carboxylic acids is 1. The van der Waals surface area contributed by atoms with Crippen molar-refractivity contribution in [2.75, 3.05) is 44.3 Å². The molecule has 2 aromatic rings. The maximum Gasteiger partial charge on any atom is 0.298 e. The summed E-state index contributed by atoms with van der Waals surface area (Å²) in [5.74, 6) is -0.109. The van der Waals surface area contributed by atoms with E-state index < -0.39 is 0 Å². The summed E-state index contributed by atoms with van der Waals surface area (Å²) in [5, 5.41) is 0. The van der Waals surface area contributed by atoms with Gasteiger partial charge in [-0.15, -0.1) is 0 Å². The minimum atomic E-state index is -0.375. The molecule has 6 nitrogen and oxygen atoms in total. The van der Waals surface area contributed by atoms with Crippen LogP contribution < -0.4 is 4.90 Å². The minimum Gasteiger partial charge on any atom is -0.423 e. The zero-order chi connectivity index (χ0) is 16.5. The third-order valence-corrected chi connectivity index (χ3v) is 4.80. The van der Waals surface area contributed by atoms with Crippen molar-refractivity contribution in [3.8, 4) is 0 Å². The number of hydrogen-bond acceptors (Lipinski definition) is 5. The van der Waals surface area contributed by atoms with E-state index in [1.807, 2.05) is 9.80 Å². The summed E-state index contributed by atoms with van der Waals surface area (Å²) in [5.41, 5.74) is 0.718. The van der Waals surface area contributed by atoms with Crippen LogP contribution in [0.25, 0.3) is 11.1 Å². The highest BCUT2D eigenvalue weighted by molar-refractivity contribution is 5.79. The Morgan fingerprint density at radius 1 is 1.17 bits per heavy atom. The molecule has 128 valence electrons. The average molecular weight is 333 g/mol. The van der Waals surface area contributed by atoms with Crippen molar-refractivity contribution in [1.82, 2.24) is 9.88 Å². The van der Waals surface area contributed by atoms with Crippen LogP contribution in [0.4, 0.5) is 10.4 Å². The van der Waals surface area contributed by atoms with Crippen LogP contribution >= 0.6 is 0 Å². The van der Waals surface area contributed by atoms with Crippen molar-refractivity contribution in [1.29, 1.82) is 0 Å². The molecule has 0 bridgehead atoms. The normalized spacial score (nSPS) is 19.9. The Hall–Kier alpha value is -2.15. The molecule has 0 radical (unpaired) electrons. The van der Waals surface area contributed by atoms with Crippen LogP contribution in [0.15, 0.2) is 22.6 Å². The van der Waals surface area contributed by atoms with Crippen molar-refractivity contribution in [3.63, 3.8) is 0 Å². The molecule has 7 heteroatoms. The number of anilines is 1. The number of oxazole rings is 1. The topological polar surface area (TPSA) is 58.8 Å². The zero-order valence-electron chi connectivity index (χ0n) is 13.4. The average Bonchev–Trinajstić information content (AvgIpc) is 3.08. The summed E-state index contributed by atoms with van der Waals surface area (Å²) in [4.78, 5) is 20.7. The molecule has 0 saturated carbocycles. The van der Waals surface area contributed by atoms with Crippen LogP contribution in [0.1, 0.15) is 12.8 Å². The number of ether oxygens (including phenoxy) is 1. The predicted molar refractivity (Wildman–Crippen MR) is 86.3 cm³/mol. The number of morpholine rings is 1. The van der Waals surface area contributed by atoms with Gasteiger partial charge in [-0.05, 0) is 25.0 Å². The second kappa shape index (κ2) is 6.39. The molecule has 1 aromatic carbocycles. The molecule has 2 fully saturated rings. The molecule has 2 aliphatic heterocycles. The Bertz CT molecular complexity index is 734. The van der Waals surface area contributed by atoms with Crippen molar-refractivity contribution in [2.24, 2.45) is 5.92 Å². The molecule has 0 spiro atoms. The van der Waals surface area contributed by atoms with Gasteiger partial charge in [-0.2, -0.15) is 4.98 Å². The quantitative estimate of drug-likeness (QED) is 0.842. The lowest BCUT2D eigenvalue weighted by Gasteiger charge is -2.34. The van der Waals surface area contributed by atoms with E-state index in [1.165, 1.54) is 6.07 Å². The number of nitrogens with zero attached hydrogens (tertiary/aromatic N) is 3. The van der Waals surface area contributed by atoms with E-state index in [-0.39, 0.29) is 23.2 Å². The van der Waals surface area contributed by atoms with Crippen LogP contribution in [0.2, 0.25) is 0 Å². The number of fused-ring (bicyclic) bond motifs is 1. The minimum absolute atomic E-state index is 0.0421.